The molecule has 4 aromatic heterocycles. The summed E-state index contributed by atoms with van der Waals surface area (Å²) in [5.74, 6) is 0.00282. The van der Waals surface area contributed by atoms with Gasteiger partial charge in [-0.25, -0.2) is 9.97 Å². The second kappa shape index (κ2) is 17.2. The van der Waals surface area contributed by atoms with Gasteiger partial charge in [-0.2, -0.15) is 10.2 Å². The molecule has 8 N–H and O–H groups in total. The molecule has 3 atom stereocenters. The fraction of sp³-hybridized carbons (Fsp3) is 0.452. The normalized spacial score (nSPS) is 17.3. The first-order valence-corrected chi connectivity index (χ1v) is 21.0. The Morgan fingerprint density at radius 3 is 2.18 bits per heavy atom. The van der Waals surface area contributed by atoms with Gasteiger partial charge in [-0.05, 0) is 89.8 Å². The molecule has 62 heavy (non-hydrogen) atoms. The van der Waals surface area contributed by atoms with Crippen LogP contribution in [0.2, 0.25) is 0 Å². The number of fused-ring (bicyclic) bond motifs is 1. The zero-order valence-electron chi connectivity index (χ0n) is 35.5. The molecule has 2 aliphatic rings. The number of aliphatic hydroxyl groups excluding tert-OH is 1. The first-order chi connectivity index (χ1) is 29.8. The third kappa shape index (κ3) is 8.33. The standard InChI is InChI=1S/C42H53N13O7/c1-6-42(22-62-42)45-12-10-14-60-32-19-25(36(43)56)17-28-34(32)52(40(46-28)48-38(58)30-15-23(4)50-53(30)7-2)13-9-11-27-21-61-33-20-26(37(44)57)18-29-35(33)55(27)41(47-29)49-39(59)31-16-24(5)51-54(31)8-3/h15-20,27,36,45,56H,6-14,21-22,43H2,1-5H3,(H2,44,57)(H,46,48,58)(H,47,49,59)/t27-,36?,42?/m0/s1. The highest BCUT2D eigenvalue weighted by Crippen LogP contribution is 2.39. The molecule has 20 nitrogen and oxygen atoms in total. The van der Waals surface area contributed by atoms with Crippen molar-refractivity contribution in [3.63, 3.8) is 0 Å². The van der Waals surface area contributed by atoms with Gasteiger partial charge in [-0.15, -0.1) is 0 Å². The first kappa shape index (κ1) is 42.3. The maximum absolute atomic E-state index is 13.9. The second-order valence-corrected chi connectivity index (χ2v) is 15.7. The van der Waals surface area contributed by atoms with Crippen molar-refractivity contribution in [3.8, 4) is 11.5 Å². The molecule has 328 valence electrons. The third-order valence-corrected chi connectivity index (χ3v) is 11.3. The van der Waals surface area contributed by atoms with Gasteiger partial charge in [0.25, 0.3) is 11.8 Å². The number of aromatic nitrogens is 8. The number of benzene rings is 2. The molecule has 3 amide bonds. The Morgan fingerprint density at radius 2 is 1.56 bits per heavy atom. The Balaban J connectivity index is 1.12. The molecule has 1 saturated heterocycles. The number of aliphatic hydroxyl groups is 1. The Bertz CT molecular complexity index is 2670. The zero-order valence-corrected chi connectivity index (χ0v) is 35.5. The van der Waals surface area contributed by atoms with Gasteiger partial charge in [0.15, 0.2) is 0 Å². The van der Waals surface area contributed by atoms with Gasteiger partial charge in [0.2, 0.25) is 17.8 Å². The number of rotatable bonds is 19. The van der Waals surface area contributed by atoms with Crippen LogP contribution in [0.5, 0.6) is 11.5 Å². The number of carbonyl (C=O) groups excluding carboxylic acids is 3. The average molecular weight is 852 g/mol. The number of imidazole rings is 2. The van der Waals surface area contributed by atoms with Crippen LogP contribution >= 0.6 is 0 Å². The van der Waals surface area contributed by atoms with E-state index in [1.807, 2.05) is 36.8 Å². The summed E-state index contributed by atoms with van der Waals surface area (Å²) in [6.45, 7) is 12.8. The lowest BCUT2D eigenvalue weighted by Crippen LogP contribution is -2.33. The van der Waals surface area contributed by atoms with Gasteiger partial charge >= 0.3 is 0 Å². The predicted molar refractivity (Wildman–Crippen MR) is 229 cm³/mol. The van der Waals surface area contributed by atoms with E-state index in [-0.39, 0.29) is 41.7 Å². The first-order valence-electron chi connectivity index (χ1n) is 21.0. The quantitative estimate of drug-likeness (QED) is 0.0384. The van der Waals surface area contributed by atoms with Crippen LogP contribution in [-0.2, 0) is 24.4 Å². The molecule has 0 aliphatic carbocycles. The van der Waals surface area contributed by atoms with Crippen molar-refractivity contribution in [1.29, 1.82) is 0 Å². The highest BCUT2D eigenvalue weighted by atomic mass is 16.6. The van der Waals surface area contributed by atoms with E-state index in [9.17, 15) is 19.5 Å². The molecule has 8 rings (SSSR count). The molecule has 0 bridgehead atoms. The van der Waals surface area contributed by atoms with Gasteiger partial charge in [0, 0.05) is 37.3 Å². The minimum atomic E-state index is -1.30. The van der Waals surface area contributed by atoms with Crippen molar-refractivity contribution >= 4 is 51.7 Å². The Labute approximate surface area is 356 Å². The van der Waals surface area contributed by atoms with Crippen LogP contribution in [-0.4, -0.2) is 93.6 Å². The molecule has 2 unspecified atom stereocenters. The highest BCUT2D eigenvalue weighted by Gasteiger charge is 2.42. The molecule has 6 heterocycles. The number of primary amides is 1. The predicted octanol–water partition coefficient (Wildman–Crippen LogP) is 3.90. The van der Waals surface area contributed by atoms with E-state index in [1.54, 1.807) is 45.8 Å². The van der Waals surface area contributed by atoms with E-state index in [0.29, 0.717) is 121 Å². The van der Waals surface area contributed by atoms with Crippen LogP contribution in [0.3, 0.4) is 0 Å². The van der Waals surface area contributed by atoms with Crippen LogP contribution < -0.4 is 36.9 Å². The van der Waals surface area contributed by atoms with E-state index in [2.05, 4.69) is 33.1 Å². The third-order valence-electron chi connectivity index (χ3n) is 11.3. The van der Waals surface area contributed by atoms with Crippen molar-refractivity contribution < 1.29 is 33.7 Å². The summed E-state index contributed by atoms with van der Waals surface area (Å²) in [6, 6.07) is 9.68. The molecule has 0 radical (unpaired) electrons. The molecule has 0 saturated carbocycles. The maximum atomic E-state index is 13.9. The smallest absolute Gasteiger partial charge is 0.276 e. The second-order valence-electron chi connectivity index (χ2n) is 15.7. The number of anilines is 2. The minimum Gasteiger partial charge on any atom is -0.491 e. The van der Waals surface area contributed by atoms with Crippen LogP contribution in [0, 0.1) is 13.8 Å². The fourth-order valence-electron chi connectivity index (χ4n) is 8.05. The zero-order chi connectivity index (χ0) is 43.9. The highest BCUT2D eigenvalue weighted by molar-refractivity contribution is 6.05. The van der Waals surface area contributed by atoms with Gasteiger partial charge in [-0.1, -0.05) is 6.92 Å². The number of nitrogens with zero attached hydrogens (tertiary/aromatic N) is 8. The van der Waals surface area contributed by atoms with Gasteiger partial charge in [-0.3, -0.25) is 39.7 Å². The molecule has 6 aromatic rings. The van der Waals surface area contributed by atoms with Crippen molar-refractivity contribution in [2.45, 2.75) is 97.9 Å². The van der Waals surface area contributed by atoms with Gasteiger partial charge < -0.3 is 39.9 Å². The Morgan fingerprint density at radius 1 is 0.919 bits per heavy atom. The topological polar surface area (TPSA) is 262 Å². The summed E-state index contributed by atoms with van der Waals surface area (Å²) >= 11 is 0. The Kier molecular flexibility index (Phi) is 11.7. The number of nitrogens with two attached hydrogens (primary N) is 2. The number of nitrogens with one attached hydrogen (secondary N) is 3. The monoisotopic (exact) mass is 851 g/mol. The van der Waals surface area contributed by atoms with E-state index >= 15 is 0 Å². The summed E-state index contributed by atoms with van der Waals surface area (Å²) < 4.78 is 25.3. The molecule has 2 aliphatic heterocycles. The fourth-order valence-corrected chi connectivity index (χ4v) is 8.05. The van der Waals surface area contributed by atoms with Crippen LogP contribution in [0.4, 0.5) is 11.9 Å². The minimum absolute atomic E-state index is 0.203. The van der Waals surface area contributed by atoms with Crippen LogP contribution in [0.1, 0.15) is 107 Å². The number of ether oxygens (including phenoxy) is 3. The van der Waals surface area contributed by atoms with Crippen LogP contribution in [0.25, 0.3) is 22.1 Å². The number of amides is 3. The van der Waals surface area contributed by atoms with Gasteiger partial charge in [0.1, 0.15) is 52.5 Å². The molecule has 2 aromatic carbocycles. The maximum Gasteiger partial charge on any atom is 0.276 e. The van der Waals surface area contributed by atoms with E-state index < -0.39 is 18.0 Å². The van der Waals surface area contributed by atoms with E-state index in [1.165, 1.54) is 0 Å². The van der Waals surface area contributed by atoms with Gasteiger partial charge in [0.05, 0.1) is 41.7 Å². The summed E-state index contributed by atoms with van der Waals surface area (Å²) in [4.78, 5) is 49.5. The summed E-state index contributed by atoms with van der Waals surface area (Å²) in [6.07, 6.45) is 1.28. The number of aryl methyl sites for hydroxylation is 5. The number of hydrogen-bond acceptors (Lipinski definition) is 13. The van der Waals surface area contributed by atoms with E-state index in [0.717, 1.165) is 6.42 Å². The van der Waals surface area contributed by atoms with Crippen molar-refractivity contribution in [2.24, 2.45) is 11.5 Å². The SMILES string of the molecule is CCn1nc(C)cc1C(=O)Nc1nc2cc(C(N)O)cc(OCCCNC3(CC)CO3)c2n1CCC[C@H]1COc2cc(C(N)=O)cc3nc(NC(=O)c4cc(C)nn4CC)n1c23. The molecule has 20 heteroatoms. The molecular formula is C42H53N13O7. The number of hydrogen-bond donors (Lipinski definition) is 6. The summed E-state index contributed by atoms with van der Waals surface area (Å²) in [5.41, 5.74) is 16.3. The molecular weight excluding hydrogens is 799 g/mol. The lowest BCUT2D eigenvalue weighted by Gasteiger charge is -2.27. The molecule has 1 fully saturated rings. The number of epoxide rings is 1. The largest absolute Gasteiger partial charge is 0.491 e. The lowest BCUT2D eigenvalue weighted by molar-refractivity contribution is 0.0994. The molecule has 0 spiro atoms. The summed E-state index contributed by atoms with van der Waals surface area (Å²) in [5, 5.41) is 28.8. The van der Waals surface area contributed by atoms with Crippen molar-refractivity contribution in [2.75, 3.05) is 37.0 Å². The van der Waals surface area contributed by atoms with Crippen molar-refractivity contribution in [1.82, 2.24) is 44.0 Å². The van der Waals surface area contributed by atoms with Crippen LogP contribution in [0.15, 0.2) is 36.4 Å². The summed E-state index contributed by atoms with van der Waals surface area (Å²) in [7, 11) is 0. The van der Waals surface area contributed by atoms with Crippen molar-refractivity contribution in [3.05, 3.63) is 70.3 Å². The Hall–Kier alpha value is -6.35. The average Bonchev–Trinajstić information content (AvgIpc) is 3.47. The number of carbonyl (C=O) groups is 3. The van der Waals surface area contributed by atoms with E-state index in [4.69, 9.17) is 35.6 Å². The lowest BCUT2D eigenvalue weighted by atomic mass is 10.1.